The number of ether oxygens (including phenoxy) is 1. The van der Waals surface area contributed by atoms with E-state index in [1.165, 1.54) is 10.9 Å². The molecule has 1 saturated carbocycles. The minimum Gasteiger partial charge on any atom is -0.483 e. The molecule has 0 amide bonds. The first-order chi connectivity index (χ1) is 19.6. The summed E-state index contributed by atoms with van der Waals surface area (Å²) in [6.45, 7) is 0.167. The maximum atomic E-state index is 13.6. The van der Waals surface area contributed by atoms with Gasteiger partial charge in [0.1, 0.15) is 5.69 Å². The third kappa shape index (κ3) is 5.73. The summed E-state index contributed by atoms with van der Waals surface area (Å²) in [7, 11) is -4.35. The average molecular weight is 605 g/mol. The molecule has 1 saturated heterocycles. The molecule has 1 aliphatic carbocycles. The van der Waals surface area contributed by atoms with Gasteiger partial charge in [0, 0.05) is 37.3 Å². The third-order valence-electron chi connectivity index (χ3n) is 7.10. The fourth-order valence-corrected chi connectivity index (χ4v) is 6.76. The summed E-state index contributed by atoms with van der Waals surface area (Å²) < 4.78 is 35.2. The van der Waals surface area contributed by atoms with Gasteiger partial charge in [-0.1, -0.05) is 17.7 Å². The monoisotopic (exact) mass is 604 g/mol. The highest BCUT2D eigenvalue weighted by atomic mass is 35.5. The quantitative estimate of drug-likeness (QED) is 0.273. The maximum absolute atomic E-state index is 13.6. The van der Waals surface area contributed by atoms with E-state index >= 15 is 0 Å². The molecule has 14 nitrogen and oxygen atoms in total. The van der Waals surface area contributed by atoms with Gasteiger partial charge < -0.3 is 9.64 Å². The molecule has 216 valence electrons. The van der Waals surface area contributed by atoms with Crippen molar-refractivity contribution in [2.24, 2.45) is 0 Å². The molecule has 1 aliphatic heterocycles. The van der Waals surface area contributed by atoms with E-state index in [2.05, 4.69) is 5.10 Å². The third-order valence-corrected chi connectivity index (χ3v) is 9.28. The van der Waals surface area contributed by atoms with Crippen LogP contribution in [0.5, 0.6) is 5.75 Å². The second-order valence-electron chi connectivity index (χ2n) is 9.64. The van der Waals surface area contributed by atoms with Crippen molar-refractivity contribution in [1.82, 2.24) is 14.1 Å². The van der Waals surface area contributed by atoms with Gasteiger partial charge >= 0.3 is 5.56 Å². The van der Waals surface area contributed by atoms with Crippen LogP contribution in [0, 0.1) is 20.2 Å². The number of rotatable bonds is 8. The second-order valence-corrected chi connectivity index (χ2v) is 12.0. The van der Waals surface area contributed by atoms with E-state index in [1.807, 2.05) is 0 Å². The van der Waals surface area contributed by atoms with E-state index in [1.54, 1.807) is 29.2 Å². The van der Waals surface area contributed by atoms with Crippen LogP contribution in [0.4, 0.5) is 17.1 Å². The lowest BCUT2D eigenvalue weighted by atomic mass is 10.2. The fraction of sp³-hybridized carbons (Fsp3) is 0.360. The van der Waals surface area contributed by atoms with Crippen molar-refractivity contribution < 1.29 is 23.0 Å². The van der Waals surface area contributed by atoms with Crippen molar-refractivity contribution in [3.05, 3.63) is 84.3 Å². The van der Waals surface area contributed by atoms with E-state index < -0.39 is 41.7 Å². The van der Waals surface area contributed by atoms with Gasteiger partial charge in [-0.05, 0) is 49.9 Å². The Morgan fingerprint density at radius 3 is 2.32 bits per heavy atom. The number of piperazine rings is 1. The molecular weight excluding hydrogens is 580 g/mol. The molecule has 3 aromatic rings. The molecule has 0 bridgehead atoms. The topological polar surface area (TPSA) is 171 Å². The molecule has 41 heavy (non-hydrogen) atoms. The summed E-state index contributed by atoms with van der Waals surface area (Å²) in [6.07, 6.45) is 4.94. The predicted molar refractivity (Wildman–Crippen MR) is 148 cm³/mol. The Bertz CT molecular complexity index is 1670. The van der Waals surface area contributed by atoms with Crippen molar-refractivity contribution >= 4 is 38.7 Å². The van der Waals surface area contributed by atoms with Crippen LogP contribution >= 0.6 is 11.6 Å². The van der Waals surface area contributed by atoms with Gasteiger partial charge in [0.15, 0.2) is 4.90 Å². The van der Waals surface area contributed by atoms with Gasteiger partial charge in [-0.2, -0.15) is 14.1 Å². The van der Waals surface area contributed by atoms with Crippen molar-refractivity contribution in [1.29, 1.82) is 0 Å². The molecule has 0 radical (unpaired) electrons. The fourth-order valence-electron chi connectivity index (χ4n) is 5.02. The van der Waals surface area contributed by atoms with Crippen LogP contribution in [0.1, 0.15) is 25.7 Å². The van der Waals surface area contributed by atoms with Crippen LogP contribution in [0.2, 0.25) is 5.02 Å². The Labute approximate surface area is 239 Å². The Morgan fingerprint density at radius 1 is 0.976 bits per heavy atom. The van der Waals surface area contributed by atoms with Crippen LogP contribution in [0.25, 0.3) is 5.69 Å². The number of sulfonamides is 1. The second kappa shape index (κ2) is 11.4. The minimum absolute atomic E-state index is 0.0588. The summed E-state index contributed by atoms with van der Waals surface area (Å²) in [5.41, 5.74) is -1.06. The molecule has 0 N–H and O–H groups in total. The number of nitro groups is 2. The van der Waals surface area contributed by atoms with Gasteiger partial charge in [-0.25, -0.2) is 8.42 Å². The zero-order valence-electron chi connectivity index (χ0n) is 21.6. The summed E-state index contributed by atoms with van der Waals surface area (Å²) >= 11 is 6.12. The first-order valence-corrected chi connectivity index (χ1v) is 14.6. The zero-order valence-corrected chi connectivity index (χ0v) is 23.2. The first-order valence-electron chi connectivity index (χ1n) is 12.8. The molecule has 0 unspecified atom stereocenters. The van der Waals surface area contributed by atoms with Crippen LogP contribution in [-0.4, -0.2) is 64.6 Å². The number of hydrogen-bond donors (Lipinski definition) is 0. The number of halogens is 1. The van der Waals surface area contributed by atoms with Crippen molar-refractivity contribution in [3.63, 3.8) is 0 Å². The standard InChI is InChI=1S/C25H25ClN6O8S/c26-17-4-3-5-18(14-17)30-25(33)24(40-20-6-1-2-7-20)22(16-27-30)28-10-12-29(13-11-28)41(38,39)23-9-8-19(31(34)35)15-21(23)32(36)37/h3-5,8-9,14-16,20H,1-2,6-7,10-13H2. The van der Waals surface area contributed by atoms with E-state index in [9.17, 15) is 33.4 Å². The van der Waals surface area contributed by atoms with Gasteiger partial charge in [0.2, 0.25) is 15.8 Å². The molecule has 2 fully saturated rings. The van der Waals surface area contributed by atoms with E-state index in [4.69, 9.17) is 16.3 Å². The summed E-state index contributed by atoms with van der Waals surface area (Å²) in [4.78, 5) is 35.6. The van der Waals surface area contributed by atoms with E-state index in [0.29, 0.717) is 22.5 Å². The molecule has 2 aromatic carbocycles. The number of aromatic nitrogens is 2. The van der Waals surface area contributed by atoms with Crippen molar-refractivity contribution in [3.8, 4) is 11.4 Å². The molecule has 2 heterocycles. The molecule has 0 atom stereocenters. The van der Waals surface area contributed by atoms with Gasteiger partial charge in [-0.15, -0.1) is 0 Å². The molecule has 5 rings (SSSR count). The normalized spacial score (nSPS) is 16.6. The number of nitro benzene ring substituents is 2. The summed E-state index contributed by atoms with van der Waals surface area (Å²) in [5, 5.41) is 27.4. The number of hydrogen-bond acceptors (Lipinski definition) is 10. The summed E-state index contributed by atoms with van der Waals surface area (Å²) in [5.74, 6) is 0.106. The minimum atomic E-state index is -4.35. The van der Waals surface area contributed by atoms with Crippen molar-refractivity contribution in [2.45, 2.75) is 36.7 Å². The van der Waals surface area contributed by atoms with Gasteiger partial charge in [0.05, 0.1) is 33.9 Å². The van der Waals surface area contributed by atoms with Gasteiger partial charge in [-0.3, -0.25) is 25.0 Å². The lowest BCUT2D eigenvalue weighted by molar-refractivity contribution is -0.396. The van der Waals surface area contributed by atoms with Gasteiger partial charge in [0.25, 0.3) is 11.4 Å². The highest BCUT2D eigenvalue weighted by molar-refractivity contribution is 7.89. The lowest BCUT2D eigenvalue weighted by Crippen LogP contribution is -2.49. The van der Waals surface area contributed by atoms with Crippen LogP contribution in [0.15, 0.2) is 58.4 Å². The highest BCUT2D eigenvalue weighted by Crippen LogP contribution is 2.33. The Morgan fingerprint density at radius 2 is 1.68 bits per heavy atom. The highest BCUT2D eigenvalue weighted by Gasteiger charge is 2.36. The smallest absolute Gasteiger partial charge is 0.316 e. The molecule has 1 aromatic heterocycles. The largest absolute Gasteiger partial charge is 0.483 e. The molecule has 16 heteroatoms. The zero-order chi connectivity index (χ0) is 29.3. The van der Waals surface area contributed by atoms with Crippen LogP contribution < -0.4 is 15.2 Å². The average Bonchev–Trinajstić information content (AvgIpc) is 3.47. The number of anilines is 1. The van der Waals surface area contributed by atoms with Crippen molar-refractivity contribution in [2.75, 3.05) is 31.1 Å². The first kappa shape index (κ1) is 28.4. The molecular formula is C25H25ClN6O8S. The Hall–Kier alpha value is -4.08. The Kier molecular flexibility index (Phi) is 7.93. The maximum Gasteiger partial charge on any atom is 0.316 e. The molecule has 2 aliphatic rings. The number of benzene rings is 2. The van der Waals surface area contributed by atoms with Crippen LogP contribution in [-0.2, 0) is 10.0 Å². The Balaban J connectivity index is 1.43. The SMILES string of the molecule is O=c1c(OC2CCCC2)c(N2CCN(S(=O)(=O)c3ccc([N+](=O)[O-])cc3[N+](=O)[O-])CC2)cnn1-c1cccc(Cl)c1. The number of non-ortho nitro benzene ring substituents is 1. The lowest BCUT2D eigenvalue weighted by Gasteiger charge is -2.35. The summed E-state index contributed by atoms with van der Waals surface area (Å²) in [6, 6.07) is 9.12. The number of nitrogens with zero attached hydrogens (tertiary/aromatic N) is 6. The van der Waals surface area contributed by atoms with E-state index in [0.717, 1.165) is 42.1 Å². The molecule has 0 spiro atoms. The predicted octanol–water partition coefficient (Wildman–Crippen LogP) is 3.53. The van der Waals surface area contributed by atoms with E-state index in [-0.39, 0.29) is 38.0 Å². The van der Waals surface area contributed by atoms with Crippen LogP contribution in [0.3, 0.4) is 0 Å².